The molecule has 0 atom stereocenters. The Balaban J connectivity index is 4.10. The quantitative estimate of drug-likeness (QED) is 0.618. The van der Waals surface area contributed by atoms with Crippen LogP contribution in [0, 0.1) is 0 Å². The van der Waals surface area contributed by atoms with E-state index in [0.29, 0.717) is 6.42 Å². The van der Waals surface area contributed by atoms with Crippen LogP contribution in [0.3, 0.4) is 0 Å². The summed E-state index contributed by atoms with van der Waals surface area (Å²) in [6, 6.07) is 0. The third-order valence-electron chi connectivity index (χ3n) is 1.56. The first-order valence-corrected chi connectivity index (χ1v) is 4.22. The van der Waals surface area contributed by atoms with Gasteiger partial charge in [0.05, 0.1) is 0 Å². The Morgan fingerprint density at radius 3 is 2.23 bits per heavy atom. The normalized spacial score (nSPS) is 11.3. The predicted molar refractivity (Wildman–Crippen MR) is 47.5 cm³/mol. The summed E-state index contributed by atoms with van der Waals surface area (Å²) >= 11 is 0. The molecular formula is C9H14O4. The molecule has 0 aromatic heterocycles. The second-order valence-corrected chi connectivity index (χ2v) is 2.72. The third kappa shape index (κ3) is 5.90. The minimum Gasteiger partial charge on any atom is -0.481 e. The number of rotatable bonds is 6. The summed E-state index contributed by atoms with van der Waals surface area (Å²) in [5, 5.41) is 17.0. The highest BCUT2D eigenvalue weighted by molar-refractivity contribution is 5.87. The summed E-state index contributed by atoms with van der Waals surface area (Å²) < 4.78 is 0. The first-order valence-electron chi connectivity index (χ1n) is 4.22. The molecule has 0 spiro atoms. The van der Waals surface area contributed by atoms with Crippen LogP contribution in [0.25, 0.3) is 0 Å². The second kappa shape index (κ2) is 6.22. The van der Waals surface area contributed by atoms with Gasteiger partial charge in [0.2, 0.25) is 0 Å². The topological polar surface area (TPSA) is 74.6 Å². The zero-order valence-corrected chi connectivity index (χ0v) is 7.62. The molecule has 4 nitrogen and oxygen atoms in total. The number of unbranched alkanes of at least 4 members (excludes halogenated alkanes) is 1. The molecular weight excluding hydrogens is 172 g/mol. The fourth-order valence-electron chi connectivity index (χ4n) is 0.856. The summed E-state index contributed by atoms with van der Waals surface area (Å²) in [5.41, 5.74) is 0.198. The van der Waals surface area contributed by atoms with E-state index in [1.165, 1.54) is 0 Å². The Kier molecular flexibility index (Phi) is 5.59. The van der Waals surface area contributed by atoms with E-state index in [2.05, 4.69) is 0 Å². The van der Waals surface area contributed by atoms with Crippen LogP contribution in [0.1, 0.15) is 32.6 Å². The Morgan fingerprint density at radius 1 is 1.23 bits per heavy atom. The van der Waals surface area contributed by atoms with Crippen LogP contribution >= 0.6 is 0 Å². The molecule has 0 unspecified atom stereocenters. The Bertz CT molecular complexity index is 218. The van der Waals surface area contributed by atoms with Gasteiger partial charge in [-0.25, -0.2) is 4.79 Å². The molecule has 0 aliphatic rings. The van der Waals surface area contributed by atoms with Gasteiger partial charge >= 0.3 is 11.9 Å². The smallest absolute Gasteiger partial charge is 0.331 e. The first kappa shape index (κ1) is 11.7. The van der Waals surface area contributed by atoms with Crippen molar-refractivity contribution in [1.82, 2.24) is 0 Å². The molecule has 0 fully saturated rings. The lowest BCUT2D eigenvalue weighted by molar-refractivity contribution is -0.137. The van der Waals surface area contributed by atoms with Crippen molar-refractivity contribution in [2.24, 2.45) is 0 Å². The van der Waals surface area contributed by atoms with Crippen molar-refractivity contribution in [3.8, 4) is 0 Å². The Morgan fingerprint density at radius 2 is 1.85 bits per heavy atom. The van der Waals surface area contributed by atoms with Gasteiger partial charge in [-0.2, -0.15) is 0 Å². The molecule has 0 amide bonds. The average Bonchev–Trinajstić information content (AvgIpc) is 2.03. The maximum Gasteiger partial charge on any atom is 0.331 e. The number of hydrogen-bond donors (Lipinski definition) is 2. The van der Waals surface area contributed by atoms with Gasteiger partial charge in [0.25, 0.3) is 0 Å². The van der Waals surface area contributed by atoms with Crippen LogP contribution in [0.5, 0.6) is 0 Å². The van der Waals surface area contributed by atoms with E-state index in [1.807, 2.05) is 6.92 Å². The van der Waals surface area contributed by atoms with Crippen LogP contribution in [-0.4, -0.2) is 22.2 Å². The number of carbonyl (C=O) groups is 2. The molecule has 0 radical (unpaired) electrons. The standard InChI is InChI=1S/C9H14O4/c1-2-3-4-7(9(12)13)5-6-8(10)11/h4H,2-3,5-6H2,1H3,(H,10,11)(H,12,13). The molecule has 0 bridgehead atoms. The van der Waals surface area contributed by atoms with E-state index < -0.39 is 11.9 Å². The average molecular weight is 186 g/mol. The lowest BCUT2D eigenvalue weighted by Crippen LogP contribution is -2.04. The first-order chi connectivity index (χ1) is 6.07. The molecule has 0 heterocycles. The van der Waals surface area contributed by atoms with Gasteiger partial charge in [-0.1, -0.05) is 19.4 Å². The number of allylic oxidation sites excluding steroid dienone is 1. The van der Waals surface area contributed by atoms with Crippen LogP contribution < -0.4 is 0 Å². The lowest BCUT2D eigenvalue weighted by atomic mass is 10.1. The van der Waals surface area contributed by atoms with Crippen molar-refractivity contribution in [1.29, 1.82) is 0 Å². The van der Waals surface area contributed by atoms with Gasteiger partial charge < -0.3 is 10.2 Å². The Hall–Kier alpha value is -1.32. The van der Waals surface area contributed by atoms with Gasteiger partial charge in [-0.3, -0.25) is 4.79 Å². The van der Waals surface area contributed by atoms with E-state index in [0.717, 1.165) is 6.42 Å². The molecule has 2 N–H and O–H groups in total. The zero-order chi connectivity index (χ0) is 10.3. The molecule has 0 aromatic rings. The number of aliphatic carboxylic acids is 2. The van der Waals surface area contributed by atoms with Crippen LogP contribution in [0.2, 0.25) is 0 Å². The van der Waals surface area contributed by atoms with Crippen molar-refractivity contribution in [2.75, 3.05) is 0 Å². The SMILES string of the molecule is CCCC=C(CCC(=O)O)C(=O)O. The van der Waals surface area contributed by atoms with Crippen molar-refractivity contribution in [2.45, 2.75) is 32.6 Å². The molecule has 0 saturated carbocycles. The number of hydrogen-bond acceptors (Lipinski definition) is 2. The largest absolute Gasteiger partial charge is 0.481 e. The summed E-state index contributed by atoms with van der Waals surface area (Å²) in [5.74, 6) is -1.99. The highest BCUT2D eigenvalue weighted by atomic mass is 16.4. The van der Waals surface area contributed by atoms with Crippen molar-refractivity contribution in [3.05, 3.63) is 11.6 Å². The van der Waals surface area contributed by atoms with Gasteiger partial charge in [-0.05, 0) is 12.8 Å². The van der Waals surface area contributed by atoms with E-state index in [-0.39, 0.29) is 18.4 Å². The summed E-state index contributed by atoms with van der Waals surface area (Å²) in [4.78, 5) is 20.7. The Labute approximate surface area is 76.9 Å². The molecule has 0 saturated heterocycles. The molecule has 0 aliphatic heterocycles. The fourth-order valence-corrected chi connectivity index (χ4v) is 0.856. The van der Waals surface area contributed by atoms with E-state index in [4.69, 9.17) is 10.2 Å². The fraction of sp³-hybridized carbons (Fsp3) is 0.556. The summed E-state index contributed by atoms with van der Waals surface area (Å²) in [6.07, 6.45) is 3.11. The number of carboxylic acids is 2. The van der Waals surface area contributed by atoms with Crippen molar-refractivity contribution < 1.29 is 19.8 Å². The molecule has 4 heteroatoms. The van der Waals surface area contributed by atoms with Crippen LogP contribution in [-0.2, 0) is 9.59 Å². The maximum absolute atomic E-state index is 10.6. The van der Waals surface area contributed by atoms with E-state index in [1.54, 1.807) is 6.08 Å². The zero-order valence-electron chi connectivity index (χ0n) is 7.62. The molecule has 0 aromatic carbocycles. The van der Waals surface area contributed by atoms with Gasteiger partial charge in [0.15, 0.2) is 0 Å². The predicted octanol–water partition coefficient (Wildman–Crippen LogP) is 1.66. The molecule has 0 aliphatic carbocycles. The van der Waals surface area contributed by atoms with E-state index in [9.17, 15) is 9.59 Å². The second-order valence-electron chi connectivity index (χ2n) is 2.72. The minimum absolute atomic E-state index is 0.102. The lowest BCUT2D eigenvalue weighted by Gasteiger charge is -1.98. The molecule has 0 rings (SSSR count). The maximum atomic E-state index is 10.6. The van der Waals surface area contributed by atoms with Crippen molar-refractivity contribution in [3.63, 3.8) is 0 Å². The third-order valence-corrected chi connectivity index (χ3v) is 1.56. The van der Waals surface area contributed by atoms with Crippen LogP contribution in [0.4, 0.5) is 0 Å². The highest BCUT2D eigenvalue weighted by Crippen LogP contribution is 2.07. The number of carboxylic acid groups (broad SMARTS) is 2. The molecule has 13 heavy (non-hydrogen) atoms. The van der Waals surface area contributed by atoms with Gasteiger partial charge in [0, 0.05) is 12.0 Å². The monoisotopic (exact) mass is 186 g/mol. The summed E-state index contributed by atoms with van der Waals surface area (Å²) in [6.45, 7) is 1.94. The van der Waals surface area contributed by atoms with Crippen molar-refractivity contribution >= 4 is 11.9 Å². The van der Waals surface area contributed by atoms with Gasteiger partial charge in [-0.15, -0.1) is 0 Å². The van der Waals surface area contributed by atoms with Gasteiger partial charge in [0.1, 0.15) is 0 Å². The van der Waals surface area contributed by atoms with Crippen LogP contribution in [0.15, 0.2) is 11.6 Å². The molecule has 74 valence electrons. The minimum atomic E-state index is -1.02. The highest BCUT2D eigenvalue weighted by Gasteiger charge is 2.08. The van der Waals surface area contributed by atoms with E-state index >= 15 is 0 Å². The summed E-state index contributed by atoms with van der Waals surface area (Å²) in [7, 11) is 0.